The number of nitrogens with zero attached hydrogens (tertiary/aromatic N) is 2. The van der Waals surface area contributed by atoms with E-state index >= 15 is 0 Å². The quantitative estimate of drug-likeness (QED) is 0.661. The largest absolute Gasteiger partial charge is 0.475 e. The maximum Gasteiger partial charge on any atom is 0.213 e. The summed E-state index contributed by atoms with van der Waals surface area (Å²) in [7, 11) is 0. The van der Waals surface area contributed by atoms with Gasteiger partial charge in [0.05, 0.1) is 12.2 Å². The second-order valence-corrected chi connectivity index (χ2v) is 3.31. The van der Waals surface area contributed by atoms with Crippen LogP contribution in [-0.2, 0) is 4.74 Å². The number of aromatic nitrogens is 1. The van der Waals surface area contributed by atoms with E-state index in [1.54, 1.807) is 12.1 Å². The van der Waals surface area contributed by atoms with Crippen LogP contribution >= 0.6 is 0 Å². The molecule has 0 spiro atoms. The minimum atomic E-state index is 0.489. The monoisotopic (exact) mass is 220 g/mol. The van der Waals surface area contributed by atoms with Gasteiger partial charge in [0, 0.05) is 18.9 Å². The van der Waals surface area contributed by atoms with Crippen molar-refractivity contribution in [2.75, 3.05) is 19.8 Å². The zero-order valence-electron chi connectivity index (χ0n) is 9.48. The van der Waals surface area contributed by atoms with E-state index in [-0.39, 0.29) is 0 Å². The molecule has 0 radical (unpaired) electrons. The van der Waals surface area contributed by atoms with Crippen LogP contribution in [0.5, 0.6) is 5.88 Å². The first kappa shape index (κ1) is 12.5. The molecule has 0 saturated carbocycles. The summed E-state index contributed by atoms with van der Waals surface area (Å²) in [6.07, 6.45) is 3.71. The molecule has 0 aliphatic carbocycles. The molecule has 1 aromatic rings. The van der Waals surface area contributed by atoms with Crippen molar-refractivity contribution in [1.29, 1.82) is 5.26 Å². The van der Waals surface area contributed by atoms with Crippen LogP contribution in [0.1, 0.15) is 25.3 Å². The molecule has 0 N–H and O–H groups in total. The van der Waals surface area contributed by atoms with Gasteiger partial charge in [0.1, 0.15) is 12.7 Å². The number of nitriles is 1. The Balaban J connectivity index is 2.15. The minimum absolute atomic E-state index is 0.489. The van der Waals surface area contributed by atoms with E-state index in [1.807, 2.05) is 6.07 Å². The van der Waals surface area contributed by atoms with Crippen LogP contribution in [0.4, 0.5) is 0 Å². The average Bonchev–Trinajstić information content (AvgIpc) is 2.34. The fourth-order valence-electron chi connectivity index (χ4n) is 1.09. The van der Waals surface area contributed by atoms with E-state index < -0.39 is 0 Å². The molecule has 4 heteroatoms. The molecule has 4 nitrogen and oxygen atoms in total. The van der Waals surface area contributed by atoms with Gasteiger partial charge >= 0.3 is 0 Å². The topological polar surface area (TPSA) is 55.1 Å². The van der Waals surface area contributed by atoms with E-state index in [1.165, 1.54) is 6.20 Å². The molecule has 0 fully saturated rings. The van der Waals surface area contributed by atoms with Crippen LogP contribution in [0.25, 0.3) is 0 Å². The number of hydrogen-bond donors (Lipinski definition) is 0. The Morgan fingerprint density at radius 1 is 1.31 bits per heavy atom. The van der Waals surface area contributed by atoms with Gasteiger partial charge in [-0.1, -0.05) is 13.3 Å². The van der Waals surface area contributed by atoms with Crippen LogP contribution in [0.15, 0.2) is 18.3 Å². The summed E-state index contributed by atoms with van der Waals surface area (Å²) in [6.45, 7) is 3.96. The predicted molar refractivity (Wildman–Crippen MR) is 60.2 cm³/mol. The van der Waals surface area contributed by atoms with Gasteiger partial charge in [-0.2, -0.15) is 5.26 Å². The molecule has 0 unspecified atom stereocenters. The molecule has 0 bridgehead atoms. The lowest BCUT2D eigenvalue weighted by atomic mass is 10.3. The molecule has 1 rings (SSSR count). The highest BCUT2D eigenvalue weighted by Gasteiger charge is 1.96. The number of pyridine rings is 1. The van der Waals surface area contributed by atoms with E-state index in [0.717, 1.165) is 19.4 Å². The highest BCUT2D eigenvalue weighted by molar-refractivity contribution is 5.28. The second kappa shape index (κ2) is 7.66. The molecular weight excluding hydrogens is 204 g/mol. The number of unbranched alkanes of at least 4 members (excludes halogenated alkanes) is 1. The van der Waals surface area contributed by atoms with Crippen LogP contribution in [-0.4, -0.2) is 24.8 Å². The molecule has 0 aromatic carbocycles. The Morgan fingerprint density at radius 3 is 2.81 bits per heavy atom. The molecular formula is C12H16N2O2. The molecule has 86 valence electrons. The summed E-state index contributed by atoms with van der Waals surface area (Å²) in [4.78, 5) is 3.98. The normalized spacial score (nSPS) is 9.75. The number of rotatable bonds is 7. The van der Waals surface area contributed by atoms with Gasteiger partial charge in [-0.05, 0) is 12.5 Å². The van der Waals surface area contributed by atoms with Gasteiger partial charge in [-0.15, -0.1) is 0 Å². The van der Waals surface area contributed by atoms with Crippen LogP contribution < -0.4 is 4.74 Å². The Hall–Kier alpha value is -1.60. The van der Waals surface area contributed by atoms with Crippen molar-refractivity contribution < 1.29 is 9.47 Å². The molecule has 1 aromatic heterocycles. The van der Waals surface area contributed by atoms with Crippen molar-refractivity contribution in [2.24, 2.45) is 0 Å². The summed E-state index contributed by atoms with van der Waals surface area (Å²) in [5, 5.41) is 8.57. The Kier molecular flexibility index (Phi) is 5.97. The third-order valence-corrected chi connectivity index (χ3v) is 1.99. The highest BCUT2D eigenvalue weighted by atomic mass is 16.5. The fraction of sp³-hybridized carbons (Fsp3) is 0.500. The zero-order chi connectivity index (χ0) is 11.6. The summed E-state index contributed by atoms with van der Waals surface area (Å²) in [6, 6.07) is 5.37. The smallest absolute Gasteiger partial charge is 0.213 e. The van der Waals surface area contributed by atoms with Crippen molar-refractivity contribution in [3.05, 3.63) is 23.9 Å². The van der Waals surface area contributed by atoms with Gasteiger partial charge in [0.25, 0.3) is 0 Å². The number of ether oxygens (including phenoxy) is 2. The molecule has 0 amide bonds. The fourth-order valence-corrected chi connectivity index (χ4v) is 1.09. The van der Waals surface area contributed by atoms with Crippen molar-refractivity contribution in [3.63, 3.8) is 0 Å². The van der Waals surface area contributed by atoms with Crippen molar-refractivity contribution in [1.82, 2.24) is 4.98 Å². The molecule has 1 heterocycles. The van der Waals surface area contributed by atoms with Crippen molar-refractivity contribution >= 4 is 0 Å². The summed E-state index contributed by atoms with van der Waals surface area (Å²) in [5.41, 5.74) is 0.534. The average molecular weight is 220 g/mol. The summed E-state index contributed by atoms with van der Waals surface area (Å²) >= 11 is 0. The minimum Gasteiger partial charge on any atom is -0.475 e. The molecule has 0 aliphatic rings. The lowest BCUT2D eigenvalue weighted by molar-refractivity contribution is 0.0965. The van der Waals surface area contributed by atoms with E-state index in [2.05, 4.69) is 11.9 Å². The maximum atomic E-state index is 8.57. The van der Waals surface area contributed by atoms with Crippen molar-refractivity contribution in [3.8, 4) is 11.9 Å². The van der Waals surface area contributed by atoms with Crippen LogP contribution in [0.2, 0.25) is 0 Å². The first-order valence-electron chi connectivity index (χ1n) is 5.43. The Bertz CT molecular complexity index is 330. The van der Waals surface area contributed by atoms with E-state index in [0.29, 0.717) is 24.7 Å². The molecule has 0 atom stereocenters. The van der Waals surface area contributed by atoms with Gasteiger partial charge < -0.3 is 9.47 Å². The SMILES string of the molecule is CCCCOCCOc1ccc(C#N)cn1. The lowest BCUT2D eigenvalue weighted by Crippen LogP contribution is -2.08. The summed E-state index contributed by atoms with van der Waals surface area (Å²) in [5.74, 6) is 0.526. The number of hydrogen-bond acceptors (Lipinski definition) is 4. The highest BCUT2D eigenvalue weighted by Crippen LogP contribution is 2.06. The Labute approximate surface area is 95.8 Å². The van der Waals surface area contributed by atoms with E-state index in [9.17, 15) is 0 Å². The predicted octanol–water partition coefficient (Wildman–Crippen LogP) is 2.15. The summed E-state index contributed by atoms with van der Waals surface area (Å²) < 4.78 is 10.7. The van der Waals surface area contributed by atoms with Crippen LogP contribution in [0.3, 0.4) is 0 Å². The first-order chi connectivity index (χ1) is 7.86. The maximum absolute atomic E-state index is 8.57. The second-order valence-electron chi connectivity index (χ2n) is 3.31. The van der Waals surface area contributed by atoms with Crippen molar-refractivity contribution in [2.45, 2.75) is 19.8 Å². The zero-order valence-corrected chi connectivity index (χ0v) is 9.48. The standard InChI is InChI=1S/C12H16N2O2/c1-2-3-6-15-7-8-16-12-5-4-11(9-13)10-14-12/h4-5,10H,2-3,6-8H2,1H3. The molecule has 16 heavy (non-hydrogen) atoms. The van der Waals surface area contributed by atoms with Gasteiger partial charge in [0.15, 0.2) is 0 Å². The van der Waals surface area contributed by atoms with Gasteiger partial charge in [-0.3, -0.25) is 0 Å². The third-order valence-electron chi connectivity index (χ3n) is 1.99. The molecule has 0 saturated heterocycles. The lowest BCUT2D eigenvalue weighted by Gasteiger charge is -2.05. The first-order valence-corrected chi connectivity index (χ1v) is 5.43. The van der Waals surface area contributed by atoms with Gasteiger partial charge in [0.2, 0.25) is 5.88 Å². The Morgan fingerprint density at radius 2 is 2.19 bits per heavy atom. The van der Waals surface area contributed by atoms with Gasteiger partial charge in [-0.25, -0.2) is 4.98 Å². The third kappa shape index (κ3) is 4.76. The molecule has 0 aliphatic heterocycles. The van der Waals surface area contributed by atoms with E-state index in [4.69, 9.17) is 14.7 Å². The van der Waals surface area contributed by atoms with Crippen LogP contribution in [0, 0.1) is 11.3 Å².